The summed E-state index contributed by atoms with van der Waals surface area (Å²) < 4.78 is 0. The number of piperidine rings is 1. The van der Waals surface area contributed by atoms with Gasteiger partial charge in [0, 0.05) is 56.4 Å². The minimum Gasteiger partial charge on any atom is -0.347 e. The number of benzene rings is 1. The molecular weight excluding hydrogens is 398 g/mol. The minimum absolute atomic E-state index is 0.264. The normalized spacial score (nSPS) is 19.8. The zero-order valence-corrected chi connectivity index (χ0v) is 18.6. The maximum absolute atomic E-state index is 12.7. The van der Waals surface area contributed by atoms with Gasteiger partial charge in [-0.15, -0.1) is 0 Å². The summed E-state index contributed by atoms with van der Waals surface area (Å²) in [5.41, 5.74) is 3.11. The lowest BCUT2D eigenvalue weighted by atomic mass is 9.90. The Morgan fingerprint density at radius 3 is 2.73 bits per heavy atom. The van der Waals surface area contributed by atoms with E-state index in [0.717, 1.165) is 68.7 Å². The lowest BCUT2D eigenvalue weighted by Gasteiger charge is -2.34. The zero-order valence-electron chi connectivity index (χ0n) is 17.9. The third-order valence-corrected chi connectivity index (χ3v) is 6.29. The van der Waals surface area contributed by atoms with Crippen LogP contribution < -0.4 is 4.90 Å². The quantitative estimate of drug-likeness (QED) is 0.728. The third kappa shape index (κ3) is 4.76. The van der Waals surface area contributed by atoms with Crippen molar-refractivity contribution in [3.05, 3.63) is 41.2 Å². The van der Waals surface area contributed by atoms with Crippen molar-refractivity contribution in [2.45, 2.75) is 31.6 Å². The van der Waals surface area contributed by atoms with Gasteiger partial charge in [-0.05, 0) is 49.9 Å². The lowest BCUT2D eigenvalue weighted by molar-refractivity contribution is -0.131. The molecule has 1 aromatic carbocycles. The van der Waals surface area contributed by atoms with E-state index < -0.39 is 0 Å². The summed E-state index contributed by atoms with van der Waals surface area (Å²) in [4.78, 5) is 28.4. The highest BCUT2D eigenvalue weighted by atomic mass is 35.5. The largest absolute Gasteiger partial charge is 0.347 e. The average molecular weight is 428 g/mol. The van der Waals surface area contributed by atoms with Crippen LogP contribution in [0.2, 0.25) is 5.02 Å². The van der Waals surface area contributed by atoms with Crippen molar-refractivity contribution >= 4 is 23.5 Å². The molecule has 2 aliphatic rings. The fraction of sp³-hybridized carbons (Fsp3) is 0.522. The first-order valence-electron chi connectivity index (χ1n) is 10.8. The predicted molar refractivity (Wildman–Crippen MR) is 121 cm³/mol. The lowest BCUT2D eigenvalue weighted by Crippen LogP contribution is -2.43. The molecule has 3 heterocycles. The second-order valence-electron chi connectivity index (χ2n) is 8.54. The molecule has 1 amide bonds. The molecule has 2 saturated heterocycles. The summed E-state index contributed by atoms with van der Waals surface area (Å²) in [7, 11) is 3.92. The number of carbonyl (C=O) groups is 1. The van der Waals surface area contributed by atoms with E-state index in [1.165, 1.54) is 0 Å². The molecule has 1 atom stereocenters. The Hall–Kier alpha value is -2.18. The molecule has 0 saturated carbocycles. The fourth-order valence-corrected chi connectivity index (χ4v) is 4.66. The van der Waals surface area contributed by atoms with Gasteiger partial charge in [-0.1, -0.05) is 23.7 Å². The summed E-state index contributed by atoms with van der Waals surface area (Å²) in [5, 5.41) is 0.705. The van der Waals surface area contributed by atoms with Crippen LogP contribution in [0.1, 0.15) is 37.3 Å². The Bertz CT molecular complexity index is 897. The number of halogens is 1. The van der Waals surface area contributed by atoms with Gasteiger partial charge in [-0.2, -0.15) is 0 Å². The maximum atomic E-state index is 12.7. The monoisotopic (exact) mass is 427 g/mol. The molecule has 6 nitrogen and oxygen atoms in total. The molecule has 2 fully saturated rings. The van der Waals surface area contributed by atoms with E-state index in [2.05, 4.69) is 16.0 Å². The zero-order chi connectivity index (χ0) is 21.1. The summed E-state index contributed by atoms with van der Waals surface area (Å²) in [5.74, 6) is 1.24. The van der Waals surface area contributed by atoms with Crippen LogP contribution in [-0.4, -0.2) is 72.5 Å². The van der Waals surface area contributed by atoms with E-state index in [1.807, 2.05) is 48.3 Å². The summed E-state index contributed by atoms with van der Waals surface area (Å²) in [6.07, 6.45) is 6.30. The molecule has 30 heavy (non-hydrogen) atoms. The summed E-state index contributed by atoms with van der Waals surface area (Å²) in [6, 6.07) is 7.87. The first-order chi connectivity index (χ1) is 14.5. The van der Waals surface area contributed by atoms with Crippen LogP contribution in [0.5, 0.6) is 0 Å². The van der Waals surface area contributed by atoms with Gasteiger partial charge < -0.3 is 9.80 Å². The number of hydrogen-bond acceptors (Lipinski definition) is 5. The average Bonchev–Trinajstić information content (AvgIpc) is 3.28. The molecule has 160 valence electrons. The van der Waals surface area contributed by atoms with Crippen LogP contribution in [0.3, 0.4) is 0 Å². The predicted octanol–water partition coefficient (Wildman–Crippen LogP) is 3.66. The topological polar surface area (TPSA) is 52.6 Å². The Balaban J connectivity index is 1.59. The van der Waals surface area contributed by atoms with Crippen LogP contribution in [0.25, 0.3) is 11.1 Å². The minimum atomic E-state index is 0.264. The van der Waals surface area contributed by atoms with Crippen LogP contribution in [0, 0.1) is 0 Å². The molecule has 4 rings (SSSR count). The van der Waals surface area contributed by atoms with Crippen molar-refractivity contribution in [1.82, 2.24) is 19.8 Å². The number of nitrogens with zero attached hydrogens (tertiary/aromatic N) is 5. The fourth-order valence-electron chi connectivity index (χ4n) is 4.47. The van der Waals surface area contributed by atoms with E-state index in [1.54, 1.807) is 0 Å². The Labute approximate surface area is 183 Å². The van der Waals surface area contributed by atoms with E-state index >= 15 is 0 Å². The number of aromatic nitrogens is 2. The van der Waals surface area contributed by atoms with Crippen molar-refractivity contribution in [3.8, 4) is 11.1 Å². The molecule has 1 aromatic heterocycles. The number of carbonyl (C=O) groups excluding carboxylic acids is 1. The molecule has 0 aliphatic carbocycles. The number of rotatable bonds is 5. The van der Waals surface area contributed by atoms with Crippen molar-refractivity contribution in [2.75, 3.05) is 51.7 Å². The van der Waals surface area contributed by atoms with Crippen molar-refractivity contribution in [2.24, 2.45) is 0 Å². The molecule has 0 bridgehead atoms. The van der Waals surface area contributed by atoms with Crippen LogP contribution in [0.4, 0.5) is 5.95 Å². The van der Waals surface area contributed by atoms with E-state index in [-0.39, 0.29) is 11.8 Å². The van der Waals surface area contributed by atoms with E-state index in [9.17, 15) is 4.79 Å². The van der Waals surface area contributed by atoms with Crippen LogP contribution >= 0.6 is 11.6 Å². The smallest absolute Gasteiger partial charge is 0.236 e. The third-order valence-electron chi connectivity index (χ3n) is 6.05. The highest BCUT2D eigenvalue weighted by molar-refractivity contribution is 6.30. The number of amides is 1. The Morgan fingerprint density at radius 2 is 2.00 bits per heavy atom. The molecule has 2 aliphatic heterocycles. The van der Waals surface area contributed by atoms with Gasteiger partial charge in [0.15, 0.2) is 0 Å². The first-order valence-corrected chi connectivity index (χ1v) is 11.2. The molecule has 0 unspecified atom stereocenters. The Morgan fingerprint density at radius 1 is 1.20 bits per heavy atom. The highest BCUT2D eigenvalue weighted by Crippen LogP contribution is 2.34. The van der Waals surface area contributed by atoms with Gasteiger partial charge in [0.1, 0.15) is 0 Å². The summed E-state index contributed by atoms with van der Waals surface area (Å²) in [6.45, 7) is 4.14. The van der Waals surface area contributed by atoms with Crippen molar-refractivity contribution < 1.29 is 4.79 Å². The second-order valence-corrected chi connectivity index (χ2v) is 8.97. The SMILES string of the molecule is CN(C)c1ncc(-c2cccc(Cl)c2)c([C@H]2CCCN(CC(=O)N3CCCC3)C2)n1. The van der Waals surface area contributed by atoms with Crippen molar-refractivity contribution in [3.63, 3.8) is 0 Å². The van der Waals surface area contributed by atoms with Gasteiger partial charge in [0.25, 0.3) is 0 Å². The second kappa shape index (κ2) is 9.31. The van der Waals surface area contributed by atoms with Gasteiger partial charge in [-0.3, -0.25) is 9.69 Å². The standard InChI is InChI=1S/C23H30ClN5O/c1-27(2)23-25-14-20(17-7-5-9-19(24)13-17)22(26-23)18-8-6-10-28(15-18)16-21(30)29-11-3-4-12-29/h5,7,9,13-14,18H,3-4,6,8,10-12,15-16H2,1-2H3/t18-/m0/s1. The van der Waals surface area contributed by atoms with Gasteiger partial charge >= 0.3 is 0 Å². The molecule has 7 heteroatoms. The molecule has 0 radical (unpaired) electrons. The van der Waals surface area contributed by atoms with E-state index in [0.29, 0.717) is 17.5 Å². The van der Waals surface area contributed by atoms with Crippen molar-refractivity contribution in [1.29, 1.82) is 0 Å². The van der Waals surface area contributed by atoms with Crippen LogP contribution in [0.15, 0.2) is 30.5 Å². The van der Waals surface area contributed by atoms with Crippen LogP contribution in [-0.2, 0) is 4.79 Å². The first kappa shape index (κ1) is 21.1. The van der Waals surface area contributed by atoms with Gasteiger partial charge in [0.05, 0.1) is 12.2 Å². The highest BCUT2D eigenvalue weighted by Gasteiger charge is 2.28. The maximum Gasteiger partial charge on any atom is 0.236 e. The molecule has 2 aromatic rings. The Kier molecular flexibility index (Phi) is 6.54. The summed E-state index contributed by atoms with van der Waals surface area (Å²) >= 11 is 6.26. The molecule has 0 N–H and O–H groups in total. The molecular formula is C23H30ClN5O. The van der Waals surface area contributed by atoms with E-state index in [4.69, 9.17) is 16.6 Å². The molecule has 0 spiro atoms. The number of anilines is 1. The van der Waals surface area contributed by atoms with Gasteiger partial charge in [-0.25, -0.2) is 9.97 Å². The number of hydrogen-bond donors (Lipinski definition) is 0. The number of likely N-dealkylation sites (tertiary alicyclic amines) is 2. The van der Waals surface area contributed by atoms with Gasteiger partial charge in [0.2, 0.25) is 11.9 Å².